The number of nitrogens with two attached hydrogens (primary N) is 1. The van der Waals surface area contributed by atoms with Crippen molar-refractivity contribution in [1.82, 2.24) is 15.6 Å². The van der Waals surface area contributed by atoms with Crippen LogP contribution in [0.1, 0.15) is 37.7 Å². The number of amides is 1. The zero-order chi connectivity index (χ0) is 22.1. The Morgan fingerprint density at radius 2 is 1.61 bits per heavy atom. The molecule has 0 aliphatic heterocycles. The van der Waals surface area contributed by atoms with E-state index in [1.807, 2.05) is 30.3 Å². The first-order valence-electron chi connectivity index (χ1n) is 9.65. The van der Waals surface area contributed by atoms with Gasteiger partial charge in [0, 0.05) is 6.54 Å². The Labute approximate surface area is 179 Å². The van der Waals surface area contributed by atoms with Gasteiger partial charge in [-0.15, -0.1) is 0 Å². The van der Waals surface area contributed by atoms with Crippen molar-refractivity contribution in [3.8, 4) is 0 Å². The summed E-state index contributed by atoms with van der Waals surface area (Å²) in [5.74, 6) is -1.02. The second kappa shape index (κ2) is 10.5. The molecule has 31 heavy (non-hydrogen) atoms. The zero-order valence-corrected chi connectivity index (χ0v) is 16.8. The number of pyridine rings is 1. The third kappa shape index (κ3) is 6.67. The first kappa shape index (κ1) is 21.5. The molecule has 5 N–H and O–H groups in total. The average Bonchev–Trinajstić information content (AvgIpc) is 2.81. The molecule has 0 aliphatic rings. The fraction of sp³-hybridized carbons (Fsp3) is 0.130. The molecule has 2 aromatic carbocycles. The predicted octanol–water partition coefficient (Wildman–Crippen LogP) is 2.31. The van der Waals surface area contributed by atoms with Crippen LogP contribution in [-0.2, 0) is 19.6 Å². The number of rotatable bonds is 8. The Hall–Kier alpha value is -4.20. The summed E-state index contributed by atoms with van der Waals surface area (Å²) in [5, 5.41) is 14.7. The van der Waals surface area contributed by atoms with Crippen molar-refractivity contribution >= 4 is 17.8 Å². The summed E-state index contributed by atoms with van der Waals surface area (Å²) in [6.45, 7) is 1.08. The van der Waals surface area contributed by atoms with Crippen LogP contribution in [-0.4, -0.2) is 27.9 Å². The molecular weight excluding hydrogens is 394 g/mol. The summed E-state index contributed by atoms with van der Waals surface area (Å²) in [7, 11) is 0. The van der Waals surface area contributed by atoms with Crippen LogP contribution in [0.25, 0.3) is 0 Å². The van der Waals surface area contributed by atoms with E-state index in [0.29, 0.717) is 24.7 Å². The summed E-state index contributed by atoms with van der Waals surface area (Å²) in [4.78, 5) is 31.9. The van der Waals surface area contributed by atoms with Gasteiger partial charge in [-0.3, -0.25) is 4.79 Å². The zero-order valence-electron chi connectivity index (χ0n) is 16.8. The molecule has 3 rings (SSSR count). The molecule has 8 nitrogen and oxygen atoms in total. The topological polar surface area (TPSA) is 130 Å². The molecule has 0 unspecified atom stereocenters. The number of hydrogen-bond donors (Lipinski definition) is 4. The van der Waals surface area contributed by atoms with Gasteiger partial charge < -0.3 is 21.5 Å². The van der Waals surface area contributed by atoms with E-state index in [1.165, 1.54) is 12.1 Å². The third-order valence-electron chi connectivity index (χ3n) is 4.42. The molecule has 0 fully saturated rings. The number of aromatic carboxylic acids is 1. The molecule has 0 atom stereocenters. The smallest absolute Gasteiger partial charge is 0.335 e. The van der Waals surface area contributed by atoms with Gasteiger partial charge >= 0.3 is 5.97 Å². The van der Waals surface area contributed by atoms with E-state index in [2.05, 4.69) is 20.6 Å². The molecule has 1 heterocycles. The number of benzene rings is 2. The highest BCUT2D eigenvalue weighted by molar-refractivity contribution is 5.92. The first-order chi connectivity index (χ1) is 15.0. The number of aromatic nitrogens is 1. The van der Waals surface area contributed by atoms with Crippen molar-refractivity contribution in [3.05, 3.63) is 101 Å². The number of hydrogen-bond acceptors (Lipinski definition) is 4. The molecule has 158 valence electrons. The normalized spacial score (nSPS) is 11.0. The van der Waals surface area contributed by atoms with Gasteiger partial charge in [-0.25, -0.2) is 14.8 Å². The summed E-state index contributed by atoms with van der Waals surface area (Å²) in [6, 6.07) is 21.3. The van der Waals surface area contributed by atoms with Crippen molar-refractivity contribution in [1.29, 1.82) is 0 Å². The van der Waals surface area contributed by atoms with Crippen LogP contribution in [0.4, 0.5) is 0 Å². The number of carboxylic acids is 1. The van der Waals surface area contributed by atoms with E-state index < -0.39 is 5.97 Å². The number of carbonyl (C=O) groups excluding carboxylic acids is 1. The number of carbonyl (C=O) groups is 2. The lowest BCUT2D eigenvalue weighted by Crippen LogP contribution is -2.31. The number of aliphatic imine (C=N–C) groups is 1. The molecular formula is C23H23N5O3. The lowest BCUT2D eigenvalue weighted by atomic mass is 10.1. The van der Waals surface area contributed by atoms with Crippen molar-refractivity contribution in [2.45, 2.75) is 19.6 Å². The number of nitrogens with zero attached hydrogens (tertiary/aromatic N) is 2. The Kier molecular flexibility index (Phi) is 7.31. The average molecular weight is 417 g/mol. The predicted molar refractivity (Wildman–Crippen MR) is 117 cm³/mol. The third-order valence-corrected chi connectivity index (χ3v) is 4.42. The van der Waals surface area contributed by atoms with E-state index in [0.717, 1.165) is 11.1 Å². The number of nitrogens with one attached hydrogen (secondary N) is 2. The van der Waals surface area contributed by atoms with Crippen LogP contribution in [0.2, 0.25) is 0 Å². The second-order valence-electron chi connectivity index (χ2n) is 6.74. The minimum atomic E-state index is -0.990. The lowest BCUT2D eigenvalue weighted by molar-refractivity contribution is 0.0696. The quantitative estimate of drug-likeness (QED) is 0.329. The minimum Gasteiger partial charge on any atom is -0.478 e. The molecule has 3 aromatic rings. The molecule has 0 bridgehead atoms. The van der Waals surface area contributed by atoms with Crippen molar-refractivity contribution in [3.63, 3.8) is 0 Å². The Bertz CT molecular complexity index is 1070. The van der Waals surface area contributed by atoms with Crippen LogP contribution >= 0.6 is 0 Å². The number of carboxylic acid groups (broad SMARTS) is 1. The Morgan fingerprint density at radius 1 is 0.871 bits per heavy atom. The van der Waals surface area contributed by atoms with Crippen molar-refractivity contribution in [2.75, 3.05) is 0 Å². The molecule has 1 amide bonds. The highest BCUT2D eigenvalue weighted by Crippen LogP contribution is 2.06. The fourth-order valence-corrected chi connectivity index (χ4v) is 2.74. The van der Waals surface area contributed by atoms with E-state index in [4.69, 9.17) is 10.8 Å². The van der Waals surface area contributed by atoms with Crippen LogP contribution in [0.3, 0.4) is 0 Å². The molecule has 8 heteroatoms. The van der Waals surface area contributed by atoms with Crippen molar-refractivity contribution < 1.29 is 14.7 Å². The Balaban J connectivity index is 1.51. The Morgan fingerprint density at radius 3 is 2.32 bits per heavy atom. The molecule has 0 radical (unpaired) electrons. The van der Waals surface area contributed by atoms with Gasteiger partial charge in [0.25, 0.3) is 5.91 Å². The molecule has 0 aliphatic carbocycles. The van der Waals surface area contributed by atoms with Crippen LogP contribution < -0.4 is 16.4 Å². The molecule has 0 saturated carbocycles. The van der Waals surface area contributed by atoms with Gasteiger partial charge in [0.2, 0.25) is 0 Å². The van der Waals surface area contributed by atoms with Gasteiger partial charge in [0.05, 0.1) is 24.3 Å². The molecule has 1 aromatic heterocycles. The summed E-state index contributed by atoms with van der Waals surface area (Å²) in [5.41, 5.74) is 8.88. The fourth-order valence-electron chi connectivity index (χ4n) is 2.74. The highest BCUT2D eigenvalue weighted by Gasteiger charge is 2.09. The van der Waals surface area contributed by atoms with Crippen molar-refractivity contribution in [2.24, 2.45) is 10.7 Å². The largest absolute Gasteiger partial charge is 0.478 e. The van der Waals surface area contributed by atoms with E-state index in [1.54, 1.807) is 30.3 Å². The van der Waals surface area contributed by atoms with E-state index in [9.17, 15) is 9.59 Å². The van der Waals surface area contributed by atoms with E-state index in [-0.39, 0.29) is 23.7 Å². The maximum absolute atomic E-state index is 12.4. The van der Waals surface area contributed by atoms with Crippen LogP contribution in [0.15, 0.2) is 77.8 Å². The van der Waals surface area contributed by atoms with E-state index >= 15 is 0 Å². The summed E-state index contributed by atoms with van der Waals surface area (Å²) >= 11 is 0. The van der Waals surface area contributed by atoms with Gasteiger partial charge in [0.1, 0.15) is 5.69 Å². The monoisotopic (exact) mass is 417 g/mol. The molecule has 0 saturated heterocycles. The highest BCUT2D eigenvalue weighted by atomic mass is 16.4. The van der Waals surface area contributed by atoms with Gasteiger partial charge in [0.15, 0.2) is 5.96 Å². The standard InChI is InChI=1S/C23H23N5O3/c24-23(26-14-16-5-2-1-3-6-16)27-15-19-7-4-8-20(28-19)21(29)25-13-17-9-11-18(12-10-17)22(30)31/h1-12H,13-15H2,(H,25,29)(H,30,31)(H3,24,26,27). The number of guanidine groups is 1. The van der Waals surface area contributed by atoms with Gasteiger partial charge in [-0.05, 0) is 35.4 Å². The lowest BCUT2D eigenvalue weighted by Gasteiger charge is -2.08. The van der Waals surface area contributed by atoms with Gasteiger partial charge in [-0.1, -0.05) is 48.5 Å². The maximum atomic E-state index is 12.4. The SMILES string of the molecule is NC(=NCc1ccccc1)NCc1cccc(C(=O)NCc2ccc(C(=O)O)cc2)n1. The summed E-state index contributed by atoms with van der Waals surface area (Å²) < 4.78 is 0. The first-order valence-corrected chi connectivity index (χ1v) is 9.65. The summed E-state index contributed by atoms with van der Waals surface area (Å²) in [6.07, 6.45) is 0. The second-order valence-corrected chi connectivity index (χ2v) is 6.74. The minimum absolute atomic E-state index is 0.198. The maximum Gasteiger partial charge on any atom is 0.335 e. The molecule has 0 spiro atoms. The van der Waals surface area contributed by atoms with Crippen LogP contribution in [0.5, 0.6) is 0 Å². The van der Waals surface area contributed by atoms with Crippen LogP contribution in [0, 0.1) is 0 Å². The van der Waals surface area contributed by atoms with Gasteiger partial charge in [-0.2, -0.15) is 0 Å².